The molecule has 2 aromatic carbocycles. The lowest BCUT2D eigenvalue weighted by Gasteiger charge is -2.34. The van der Waals surface area contributed by atoms with Gasteiger partial charge in [-0.05, 0) is 41.8 Å². The third-order valence-electron chi connectivity index (χ3n) is 5.22. The van der Waals surface area contributed by atoms with Crippen LogP contribution in [0.15, 0.2) is 66.0 Å². The molecule has 1 fully saturated rings. The lowest BCUT2D eigenvalue weighted by Crippen LogP contribution is -2.51. The average molecular weight is 484 g/mol. The summed E-state index contributed by atoms with van der Waals surface area (Å²) in [5.41, 5.74) is 0.880. The van der Waals surface area contributed by atoms with E-state index in [1.165, 1.54) is 17.4 Å². The highest BCUT2D eigenvalue weighted by atomic mass is 35.5. The molecule has 0 aliphatic carbocycles. The second-order valence-corrected chi connectivity index (χ2v) is 8.78. The summed E-state index contributed by atoms with van der Waals surface area (Å²) in [5, 5.41) is 5.05. The van der Waals surface area contributed by atoms with Gasteiger partial charge in [0.25, 0.3) is 17.7 Å². The molecule has 0 atom stereocenters. The SMILES string of the molecule is O=C(Nc1ccccc1)c1cc(Cl)ccc1OCC(=O)N1CCN(C(=O)c2cccs2)CC1. The molecular weight excluding hydrogens is 462 g/mol. The Balaban J connectivity index is 1.34. The lowest BCUT2D eigenvalue weighted by molar-refractivity contribution is -0.134. The van der Waals surface area contributed by atoms with Gasteiger partial charge in [0.05, 0.1) is 10.4 Å². The maximum atomic E-state index is 12.7. The molecule has 1 aromatic heterocycles. The molecule has 0 radical (unpaired) electrons. The summed E-state index contributed by atoms with van der Waals surface area (Å²) in [7, 11) is 0. The highest BCUT2D eigenvalue weighted by molar-refractivity contribution is 7.12. The molecule has 7 nitrogen and oxygen atoms in total. The number of rotatable bonds is 6. The number of nitrogens with zero attached hydrogens (tertiary/aromatic N) is 2. The standard InChI is InChI=1S/C24H22ClN3O4S/c25-17-8-9-20(19(15-17)23(30)26-18-5-2-1-3-6-18)32-16-22(29)27-10-12-28(13-11-27)24(31)21-7-4-14-33-21/h1-9,14-15H,10-13,16H2,(H,26,30). The molecule has 0 unspecified atom stereocenters. The maximum Gasteiger partial charge on any atom is 0.264 e. The van der Waals surface area contributed by atoms with Crippen LogP contribution in [0.2, 0.25) is 5.02 Å². The number of thiophene rings is 1. The minimum atomic E-state index is -0.383. The first-order valence-corrected chi connectivity index (χ1v) is 11.7. The Labute approximate surface area is 200 Å². The molecule has 1 N–H and O–H groups in total. The van der Waals surface area contributed by atoms with Crippen LogP contribution in [0.1, 0.15) is 20.0 Å². The number of anilines is 1. The van der Waals surface area contributed by atoms with Crippen molar-refractivity contribution < 1.29 is 19.1 Å². The first-order valence-electron chi connectivity index (χ1n) is 10.4. The first-order chi connectivity index (χ1) is 16.0. The zero-order chi connectivity index (χ0) is 23.2. The quantitative estimate of drug-likeness (QED) is 0.574. The van der Waals surface area contributed by atoms with Crippen LogP contribution in [0, 0.1) is 0 Å². The lowest BCUT2D eigenvalue weighted by atomic mass is 10.1. The molecule has 1 saturated heterocycles. The van der Waals surface area contributed by atoms with E-state index in [1.807, 2.05) is 29.6 Å². The molecule has 9 heteroatoms. The van der Waals surface area contributed by atoms with E-state index in [0.29, 0.717) is 41.8 Å². The molecule has 4 rings (SSSR count). The van der Waals surface area contributed by atoms with Gasteiger partial charge in [-0.1, -0.05) is 35.9 Å². The summed E-state index contributed by atoms with van der Waals surface area (Å²) in [6, 6.07) is 17.4. The molecule has 0 spiro atoms. The molecule has 3 amide bonds. The highest BCUT2D eigenvalue weighted by Crippen LogP contribution is 2.24. The predicted octanol–water partition coefficient (Wildman–Crippen LogP) is 4.02. The zero-order valence-electron chi connectivity index (χ0n) is 17.7. The molecular formula is C24H22ClN3O4S. The molecule has 1 aliphatic heterocycles. The average Bonchev–Trinajstić information content (AvgIpc) is 3.38. The first kappa shape index (κ1) is 22.8. The van der Waals surface area contributed by atoms with Crippen molar-refractivity contribution in [1.29, 1.82) is 0 Å². The fraction of sp³-hybridized carbons (Fsp3) is 0.208. The van der Waals surface area contributed by atoms with Crippen LogP contribution in [-0.2, 0) is 4.79 Å². The van der Waals surface area contributed by atoms with Gasteiger partial charge >= 0.3 is 0 Å². The third kappa shape index (κ3) is 5.71. The van der Waals surface area contributed by atoms with Crippen LogP contribution >= 0.6 is 22.9 Å². The number of carbonyl (C=O) groups is 3. The minimum absolute atomic E-state index is 0.0106. The van der Waals surface area contributed by atoms with Gasteiger partial charge in [0.1, 0.15) is 5.75 Å². The summed E-state index contributed by atoms with van der Waals surface area (Å²) in [5.74, 6) is -0.328. The number of amides is 3. The van der Waals surface area contributed by atoms with Crippen LogP contribution in [0.5, 0.6) is 5.75 Å². The van der Waals surface area contributed by atoms with E-state index in [-0.39, 0.29) is 35.6 Å². The van der Waals surface area contributed by atoms with Gasteiger partial charge < -0.3 is 19.9 Å². The fourth-order valence-electron chi connectivity index (χ4n) is 3.47. The largest absolute Gasteiger partial charge is 0.483 e. The van der Waals surface area contributed by atoms with Gasteiger partial charge in [0, 0.05) is 36.9 Å². The topological polar surface area (TPSA) is 79.0 Å². The number of hydrogen-bond donors (Lipinski definition) is 1. The van der Waals surface area contributed by atoms with Gasteiger partial charge in [-0.3, -0.25) is 14.4 Å². The van der Waals surface area contributed by atoms with Crippen LogP contribution in [0.3, 0.4) is 0 Å². The summed E-state index contributed by atoms with van der Waals surface area (Å²) in [6.45, 7) is 1.58. The van der Waals surface area contributed by atoms with Crippen molar-refractivity contribution in [3.8, 4) is 5.75 Å². The Morgan fingerprint density at radius 3 is 2.36 bits per heavy atom. The van der Waals surface area contributed by atoms with Crippen molar-refractivity contribution in [3.63, 3.8) is 0 Å². The molecule has 33 heavy (non-hydrogen) atoms. The van der Waals surface area contributed by atoms with Crippen LogP contribution in [0.25, 0.3) is 0 Å². The summed E-state index contributed by atoms with van der Waals surface area (Å²) >= 11 is 7.49. The van der Waals surface area contributed by atoms with Crippen molar-refractivity contribution >= 4 is 46.3 Å². The molecule has 0 saturated carbocycles. The Bertz CT molecular complexity index is 1130. The van der Waals surface area contributed by atoms with Gasteiger partial charge in [-0.25, -0.2) is 0 Å². The van der Waals surface area contributed by atoms with E-state index in [0.717, 1.165) is 0 Å². The van der Waals surface area contributed by atoms with Gasteiger partial charge in [-0.2, -0.15) is 0 Å². The van der Waals surface area contributed by atoms with Gasteiger partial charge in [-0.15, -0.1) is 11.3 Å². The van der Waals surface area contributed by atoms with Crippen molar-refractivity contribution in [2.75, 3.05) is 38.1 Å². The Hall–Kier alpha value is -3.36. The van der Waals surface area contributed by atoms with E-state index in [4.69, 9.17) is 16.3 Å². The normalized spacial score (nSPS) is 13.5. The smallest absolute Gasteiger partial charge is 0.264 e. The zero-order valence-corrected chi connectivity index (χ0v) is 19.3. The Kier molecular flexibility index (Phi) is 7.26. The van der Waals surface area contributed by atoms with Crippen molar-refractivity contribution in [2.45, 2.75) is 0 Å². The van der Waals surface area contributed by atoms with E-state index < -0.39 is 0 Å². The second-order valence-electron chi connectivity index (χ2n) is 7.40. The van der Waals surface area contributed by atoms with E-state index in [9.17, 15) is 14.4 Å². The second kappa shape index (κ2) is 10.5. The number of nitrogens with one attached hydrogen (secondary N) is 1. The number of ether oxygens (including phenoxy) is 1. The van der Waals surface area contributed by atoms with Gasteiger partial charge in [0.15, 0.2) is 6.61 Å². The van der Waals surface area contributed by atoms with E-state index in [2.05, 4.69) is 5.32 Å². The molecule has 0 bridgehead atoms. The number of halogens is 1. The summed E-state index contributed by atoms with van der Waals surface area (Å²) in [6.07, 6.45) is 0. The van der Waals surface area contributed by atoms with E-state index >= 15 is 0 Å². The molecule has 170 valence electrons. The van der Waals surface area contributed by atoms with Crippen LogP contribution < -0.4 is 10.1 Å². The molecule has 2 heterocycles. The van der Waals surface area contributed by atoms with Gasteiger partial charge in [0.2, 0.25) is 0 Å². The molecule has 3 aromatic rings. The third-order valence-corrected chi connectivity index (χ3v) is 6.31. The number of hydrogen-bond acceptors (Lipinski definition) is 5. The number of piperazine rings is 1. The summed E-state index contributed by atoms with van der Waals surface area (Å²) in [4.78, 5) is 42.0. The van der Waals surface area contributed by atoms with Crippen LogP contribution in [0.4, 0.5) is 5.69 Å². The van der Waals surface area contributed by atoms with Crippen molar-refractivity contribution in [1.82, 2.24) is 9.80 Å². The monoisotopic (exact) mass is 483 g/mol. The minimum Gasteiger partial charge on any atom is -0.483 e. The number of benzene rings is 2. The Morgan fingerprint density at radius 2 is 1.67 bits per heavy atom. The fourth-order valence-corrected chi connectivity index (χ4v) is 4.33. The molecule has 1 aliphatic rings. The highest BCUT2D eigenvalue weighted by Gasteiger charge is 2.26. The van der Waals surface area contributed by atoms with Crippen molar-refractivity contribution in [3.05, 3.63) is 81.5 Å². The number of para-hydroxylation sites is 1. The summed E-state index contributed by atoms with van der Waals surface area (Å²) < 4.78 is 5.71. The Morgan fingerprint density at radius 1 is 0.939 bits per heavy atom. The maximum absolute atomic E-state index is 12.7. The van der Waals surface area contributed by atoms with Crippen molar-refractivity contribution in [2.24, 2.45) is 0 Å². The van der Waals surface area contributed by atoms with E-state index in [1.54, 1.807) is 40.1 Å². The number of carbonyl (C=O) groups excluding carboxylic acids is 3. The van der Waals surface area contributed by atoms with Crippen LogP contribution in [-0.4, -0.2) is 60.3 Å². The predicted molar refractivity (Wildman–Crippen MR) is 128 cm³/mol.